The standard InChI is InChI=1S/C35H54N2O6/c1-5-7-26(2)23-40-24-28-8-11-30(12-9-28)35-33(41-18-14-27(3)38)21-36-22-34(35)43-25-29-10-13-32-31(20-29)37(16-19-42-32)15-6-17-39-4/h8-13,20,26-27,33-36,38H,5-7,14-19,21-25H2,1-4H3/t26-,27-,33+,34-,35-/m0/s1. The highest BCUT2D eigenvalue weighted by Gasteiger charge is 2.36. The molecular weight excluding hydrogens is 544 g/mol. The summed E-state index contributed by atoms with van der Waals surface area (Å²) in [5.41, 5.74) is 4.64. The van der Waals surface area contributed by atoms with E-state index in [0.717, 1.165) is 62.8 Å². The molecule has 2 N–H and O–H groups in total. The van der Waals surface area contributed by atoms with Gasteiger partial charge in [0.1, 0.15) is 12.4 Å². The Labute approximate surface area is 259 Å². The molecule has 8 nitrogen and oxygen atoms in total. The predicted molar refractivity (Wildman–Crippen MR) is 171 cm³/mol. The molecule has 0 amide bonds. The SMILES string of the molecule is CCC[C@H](C)COCc1ccc([C@@H]2[C@@H](OCc3ccc4c(c3)N(CCCOC)CCO4)CNC[C@H]2OCC[C@H](C)O)cc1. The fourth-order valence-electron chi connectivity index (χ4n) is 6.04. The first-order chi connectivity index (χ1) is 21.0. The number of aliphatic hydroxyl groups excluding tert-OH is 1. The van der Waals surface area contributed by atoms with Crippen LogP contribution < -0.4 is 15.0 Å². The number of nitrogens with zero attached hydrogens (tertiary/aromatic N) is 1. The maximum atomic E-state index is 9.81. The molecule has 0 unspecified atom stereocenters. The van der Waals surface area contributed by atoms with Gasteiger partial charge in [0.05, 0.1) is 43.8 Å². The lowest BCUT2D eigenvalue weighted by molar-refractivity contribution is -0.0639. The highest BCUT2D eigenvalue weighted by molar-refractivity contribution is 5.61. The summed E-state index contributed by atoms with van der Waals surface area (Å²) in [5.74, 6) is 1.58. The van der Waals surface area contributed by atoms with Crippen molar-refractivity contribution in [3.05, 3.63) is 59.2 Å². The fraction of sp³-hybridized carbons (Fsp3) is 0.657. The molecule has 1 fully saturated rings. The summed E-state index contributed by atoms with van der Waals surface area (Å²) in [4.78, 5) is 2.38. The van der Waals surface area contributed by atoms with Crippen molar-refractivity contribution in [1.29, 1.82) is 0 Å². The van der Waals surface area contributed by atoms with Crippen LogP contribution in [-0.2, 0) is 32.2 Å². The number of benzene rings is 2. The fourth-order valence-corrected chi connectivity index (χ4v) is 6.04. The van der Waals surface area contributed by atoms with E-state index in [1.807, 2.05) is 0 Å². The van der Waals surface area contributed by atoms with Crippen molar-refractivity contribution in [2.75, 3.05) is 64.6 Å². The number of aliphatic hydroxyl groups is 1. The van der Waals surface area contributed by atoms with Crippen LogP contribution in [0.5, 0.6) is 5.75 Å². The molecule has 43 heavy (non-hydrogen) atoms. The van der Waals surface area contributed by atoms with Crippen LogP contribution in [0.15, 0.2) is 42.5 Å². The molecule has 2 aromatic rings. The summed E-state index contributed by atoms with van der Waals surface area (Å²) < 4.78 is 30.2. The lowest BCUT2D eigenvalue weighted by Gasteiger charge is -2.39. The third-order valence-electron chi connectivity index (χ3n) is 8.40. The Morgan fingerprint density at radius 2 is 1.74 bits per heavy atom. The molecule has 1 saturated heterocycles. The Bertz CT molecular complexity index is 1060. The van der Waals surface area contributed by atoms with Gasteiger partial charge in [-0.15, -0.1) is 0 Å². The molecule has 8 heteroatoms. The molecule has 240 valence electrons. The Morgan fingerprint density at radius 3 is 2.49 bits per heavy atom. The van der Waals surface area contributed by atoms with E-state index in [-0.39, 0.29) is 24.2 Å². The number of nitrogens with one attached hydrogen (secondary N) is 1. The summed E-state index contributed by atoms with van der Waals surface area (Å²) >= 11 is 0. The van der Waals surface area contributed by atoms with Gasteiger partial charge >= 0.3 is 0 Å². The van der Waals surface area contributed by atoms with E-state index >= 15 is 0 Å². The number of piperidine rings is 1. The Morgan fingerprint density at radius 1 is 0.977 bits per heavy atom. The van der Waals surface area contributed by atoms with Gasteiger partial charge in [0.25, 0.3) is 0 Å². The number of ether oxygens (including phenoxy) is 5. The van der Waals surface area contributed by atoms with Crippen molar-refractivity contribution < 1.29 is 28.8 Å². The zero-order valence-corrected chi connectivity index (χ0v) is 26.8. The van der Waals surface area contributed by atoms with Crippen LogP contribution in [0.1, 0.15) is 69.1 Å². The Kier molecular flexibility index (Phi) is 14.1. The zero-order valence-electron chi connectivity index (χ0n) is 26.8. The summed E-state index contributed by atoms with van der Waals surface area (Å²) in [5, 5.41) is 13.3. The van der Waals surface area contributed by atoms with Crippen molar-refractivity contribution in [3.63, 3.8) is 0 Å². The zero-order chi connectivity index (χ0) is 30.4. The minimum Gasteiger partial charge on any atom is -0.490 e. The van der Waals surface area contributed by atoms with Gasteiger partial charge in [-0.3, -0.25) is 0 Å². The smallest absolute Gasteiger partial charge is 0.142 e. The van der Waals surface area contributed by atoms with E-state index in [0.29, 0.717) is 38.8 Å². The molecule has 0 aromatic heterocycles. The van der Waals surface area contributed by atoms with Gasteiger partial charge in [-0.25, -0.2) is 0 Å². The van der Waals surface area contributed by atoms with Gasteiger partial charge < -0.3 is 39.0 Å². The van der Waals surface area contributed by atoms with Crippen LogP contribution >= 0.6 is 0 Å². The van der Waals surface area contributed by atoms with Crippen LogP contribution in [-0.4, -0.2) is 83.1 Å². The third-order valence-corrected chi connectivity index (χ3v) is 8.40. The molecule has 2 aromatic carbocycles. The van der Waals surface area contributed by atoms with E-state index in [2.05, 4.69) is 66.5 Å². The van der Waals surface area contributed by atoms with Crippen LogP contribution in [0.2, 0.25) is 0 Å². The van der Waals surface area contributed by atoms with Crippen molar-refractivity contribution in [2.24, 2.45) is 5.92 Å². The lowest BCUT2D eigenvalue weighted by Crippen LogP contribution is -2.50. The first kappa shape index (κ1) is 33.7. The quantitative estimate of drug-likeness (QED) is 0.224. The average molecular weight is 599 g/mol. The molecule has 0 bridgehead atoms. The predicted octanol–water partition coefficient (Wildman–Crippen LogP) is 5.30. The normalized spacial score (nSPS) is 21.7. The summed E-state index contributed by atoms with van der Waals surface area (Å²) in [6.07, 6.45) is 3.47. The van der Waals surface area contributed by atoms with Gasteiger partial charge in [-0.05, 0) is 60.9 Å². The largest absolute Gasteiger partial charge is 0.490 e. The summed E-state index contributed by atoms with van der Waals surface area (Å²) in [6, 6.07) is 15.1. The minimum atomic E-state index is -0.386. The molecule has 0 saturated carbocycles. The Balaban J connectivity index is 1.44. The van der Waals surface area contributed by atoms with Gasteiger partial charge in [-0.1, -0.05) is 50.6 Å². The number of rotatable bonds is 18. The molecule has 4 rings (SSSR count). The van der Waals surface area contributed by atoms with E-state index in [4.69, 9.17) is 23.7 Å². The average Bonchev–Trinajstić information content (AvgIpc) is 3.01. The molecule has 0 radical (unpaired) electrons. The van der Waals surface area contributed by atoms with E-state index in [9.17, 15) is 5.11 Å². The van der Waals surface area contributed by atoms with E-state index in [1.54, 1.807) is 14.0 Å². The van der Waals surface area contributed by atoms with Gasteiger partial charge in [0.15, 0.2) is 0 Å². The first-order valence-corrected chi connectivity index (χ1v) is 16.3. The van der Waals surface area contributed by atoms with Crippen LogP contribution in [0.4, 0.5) is 5.69 Å². The minimum absolute atomic E-state index is 0.0531. The van der Waals surface area contributed by atoms with Crippen molar-refractivity contribution in [1.82, 2.24) is 5.32 Å². The molecule has 5 atom stereocenters. The lowest BCUT2D eigenvalue weighted by atomic mass is 9.85. The number of fused-ring (bicyclic) bond motifs is 1. The van der Waals surface area contributed by atoms with Gasteiger partial charge in [0.2, 0.25) is 0 Å². The Hall–Kier alpha value is -2.20. The first-order valence-electron chi connectivity index (χ1n) is 16.3. The molecule has 0 spiro atoms. The van der Waals surface area contributed by atoms with Crippen molar-refractivity contribution in [3.8, 4) is 5.75 Å². The second-order valence-corrected chi connectivity index (χ2v) is 12.2. The van der Waals surface area contributed by atoms with Crippen molar-refractivity contribution in [2.45, 2.75) is 83.9 Å². The number of methoxy groups -OCH3 is 1. The van der Waals surface area contributed by atoms with E-state index in [1.165, 1.54) is 24.0 Å². The topological polar surface area (TPSA) is 81.7 Å². The van der Waals surface area contributed by atoms with Gasteiger partial charge in [-0.2, -0.15) is 0 Å². The van der Waals surface area contributed by atoms with Crippen LogP contribution in [0.3, 0.4) is 0 Å². The highest BCUT2D eigenvalue weighted by Crippen LogP contribution is 2.35. The highest BCUT2D eigenvalue weighted by atomic mass is 16.5. The molecule has 2 heterocycles. The van der Waals surface area contributed by atoms with Crippen LogP contribution in [0.25, 0.3) is 0 Å². The second kappa shape index (κ2) is 17.9. The van der Waals surface area contributed by atoms with Crippen molar-refractivity contribution >= 4 is 5.69 Å². The summed E-state index contributed by atoms with van der Waals surface area (Å²) in [6.45, 7) is 13.5. The number of anilines is 1. The number of hydrogen-bond donors (Lipinski definition) is 2. The second-order valence-electron chi connectivity index (χ2n) is 12.2. The maximum Gasteiger partial charge on any atom is 0.142 e. The molecule has 2 aliphatic rings. The third kappa shape index (κ3) is 10.4. The molecule has 2 aliphatic heterocycles. The summed E-state index contributed by atoms with van der Waals surface area (Å²) in [7, 11) is 1.75. The monoisotopic (exact) mass is 598 g/mol. The van der Waals surface area contributed by atoms with Gasteiger partial charge in [0, 0.05) is 52.5 Å². The van der Waals surface area contributed by atoms with Crippen LogP contribution in [0, 0.1) is 5.92 Å². The number of hydrogen-bond acceptors (Lipinski definition) is 8. The van der Waals surface area contributed by atoms with E-state index < -0.39 is 0 Å². The maximum absolute atomic E-state index is 9.81. The molecule has 0 aliphatic carbocycles. The molecular formula is C35H54N2O6.